The minimum atomic E-state index is -0.680. The van der Waals surface area contributed by atoms with Crippen molar-refractivity contribution < 1.29 is 63.6 Å². The summed E-state index contributed by atoms with van der Waals surface area (Å²) in [6, 6.07) is -1.34. The van der Waals surface area contributed by atoms with Crippen LogP contribution < -0.4 is 22.1 Å². The van der Waals surface area contributed by atoms with Crippen molar-refractivity contribution in [2.75, 3.05) is 131 Å². The number of aliphatic hydroxyl groups is 4. The Morgan fingerprint density at radius 1 is 0.224 bits per heavy atom. The van der Waals surface area contributed by atoms with E-state index in [9.17, 15) is 63.6 Å². The van der Waals surface area contributed by atoms with Gasteiger partial charge in [-0.3, -0.25) is 43.2 Å². The Labute approximate surface area is 821 Å². The molecule has 0 bridgehead atoms. The Morgan fingerprint density at radius 3 is 0.560 bits per heavy atom. The topological polar surface area (TPSA) is 333 Å². The first kappa shape index (κ1) is 129. The highest BCUT2D eigenvalue weighted by atomic mass is 16.3. The molecule has 0 rings (SSSR count). The molecule has 0 aliphatic heterocycles. The molecule has 9 amide bonds. The van der Waals surface area contributed by atoms with Gasteiger partial charge < -0.3 is 76.8 Å². The fourth-order valence-electron chi connectivity index (χ4n) is 18.0. The molecule has 0 aliphatic rings. The lowest BCUT2D eigenvalue weighted by molar-refractivity contribution is -0.146. The highest BCUT2D eigenvalue weighted by molar-refractivity contribution is 5.92. The molecule has 0 fully saturated rings. The van der Waals surface area contributed by atoms with Gasteiger partial charge in [0, 0.05) is 45.8 Å². The minimum Gasteiger partial charge on any atom is -0.395 e. The second kappa shape index (κ2) is 96.6. The fourth-order valence-corrected chi connectivity index (χ4v) is 18.0. The number of nitrogens with one attached hydrogen (secondary N) is 2. The molecule has 1 unspecified atom stereocenters. The second-order valence-corrected chi connectivity index (χ2v) is 39.8. The van der Waals surface area contributed by atoms with Gasteiger partial charge in [-0.25, -0.2) is 0 Å². The summed E-state index contributed by atoms with van der Waals surface area (Å²) in [5, 5.41) is 44.9. The standard InChI is InChI=1S/C110H213N11O13/c1-7-12-17-22-27-32-35-36-37-38-39-41-47-57-67-75-83-119(108(132)90-117(104(128)86-113-100(95-122)96-123)82-73-64-55-45-33-28-23-18-13-8-2)92-106(130)115(88-102(111)126)79-70-61-54-48-42-40-43-50-59-68-77-99(6)78-69-60-51-44-49-58-62-71-80-116(89-103(112)127)107(131)93-120(84-74-65-53-31-26-21-16-11-5)110(134)94-121(85-76-66-56-46-34-29-24-19-14-9-3)109(133)91-118(105(129)87-114-101(97-124)98-125)81-72-63-52-30-25-20-15-10-4/h36-37,99-101,113-114,122-125H,7-35,38-98H2,1-6H3,(H2,111,126)(H2,112,127)/b37-36-. The van der Waals surface area contributed by atoms with Crippen molar-refractivity contribution in [1.82, 2.24) is 44.9 Å². The first-order valence-electron chi connectivity index (χ1n) is 56.4. The Morgan fingerprint density at radius 2 is 0.381 bits per heavy atom. The lowest BCUT2D eigenvalue weighted by atomic mass is 9.95. The van der Waals surface area contributed by atoms with Crippen LogP contribution in [0, 0.1) is 5.92 Å². The van der Waals surface area contributed by atoms with Gasteiger partial charge in [0.2, 0.25) is 53.2 Å². The number of primary amides is 2. The van der Waals surface area contributed by atoms with Crippen LogP contribution in [0.5, 0.6) is 0 Å². The smallest absolute Gasteiger partial charge is 0.242 e. The van der Waals surface area contributed by atoms with Crippen molar-refractivity contribution in [2.24, 2.45) is 17.4 Å². The monoisotopic (exact) mass is 1900 g/mol. The molecule has 134 heavy (non-hydrogen) atoms. The number of allylic oxidation sites excluding steroid dienone is 2. The maximum atomic E-state index is 14.8. The molecule has 24 heteroatoms. The van der Waals surface area contributed by atoms with Crippen molar-refractivity contribution in [3.63, 3.8) is 0 Å². The van der Waals surface area contributed by atoms with Gasteiger partial charge >= 0.3 is 0 Å². The number of amides is 9. The third kappa shape index (κ3) is 79.5. The molecule has 0 saturated heterocycles. The van der Waals surface area contributed by atoms with E-state index in [4.69, 9.17) is 11.5 Å². The summed E-state index contributed by atoms with van der Waals surface area (Å²) in [4.78, 5) is 136. The van der Waals surface area contributed by atoms with Crippen LogP contribution in [0.1, 0.15) is 491 Å². The third-order valence-corrected chi connectivity index (χ3v) is 27.1. The molecule has 1 atom stereocenters. The van der Waals surface area contributed by atoms with Gasteiger partial charge in [-0.1, -0.05) is 433 Å². The molecular weight excluding hydrogens is 1680 g/mol. The number of hydrogen-bond acceptors (Lipinski definition) is 15. The van der Waals surface area contributed by atoms with Gasteiger partial charge in [0.05, 0.1) is 97.4 Å². The van der Waals surface area contributed by atoms with Gasteiger partial charge in [-0.05, 0) is 76.5 Å². The van der Waals surface area contributed by atoms with Crippen LogP contribution in [0.15, 0.2) is 12.2 Å². The summed E-state index contributed by atoms with van der Waals surface area (Å²) >= 11 is 0. The summed E-state index contributed by atoms with van der Waals surface area (Å²) in [6.07, 6.45) is 82.4. The van der Waals surface area contributed by atoms with Crippen LogP contribution in [-0.4, -0.2) is 251 Å². The van der Waals surface area contributed by atoms with Crippen LogP contribution in [0.4, 0.5) is 0 Å². The van der Waals surface area contributed by atoms with E-state index in [0.29, 0.717) is 77.4 Å². The van der Waals surface area contributed by atoms with Gasteiger partial charge in [-0.2, -0.15) is 0 Å². The first-order valence-corrected chi connectivity index (χ1v) is 56.4. The Bertz CT molecular complexity index is 2780. The van der Waals surface area contributed by atoms with Gasteiger partial charge in [0.15, 0.2) is 0 Å². The minimum absolute atomic E-state index is 0.142. The lowest BCUT2D eigenvalue weighted by Crippen LogP contribution is -2.51. The highest BCUT2D eigenvalue weighted by Crippen LogP contribution is 2.23. The van der Waals surface area contributed by atoms with E-state index >= 15 is 0 Å². The number of carbonyl (C=O) groups is 9. The van der Waals surface area contributed by atoms with Gasteiger partial charge in [0.25, 0.3) is 0 Å². The predicted octanol–water partition coefficient (Wildman–Crippen LogP) is 21.2. The number of hydrogen-bond donors (Lipinski definition) is 8. The van der Waals surface area contributed by atoms with Crippen LogP contribution in [0.2, 0.25) is 0 Å². The van der Waals surface area contributed by atoms with Crippen LogP contribution in [0.3, 0.4) is 0 Å². The number of nitrogens with two attached hydrogens (primary N) is 2. The number of nitrogens with zero attached hydrogens (tertiary/aromatic N) is 7. The number of carbonyl (C=O) groups excluding carboxylic acids is 9. The summed E-state index contributed by atoms with van der Waals surface area (Å²) in [5.41, 5.74) is 11.6. The van der Waals surface area contributed by atoms with E-state index in [0.717, 1.165) is 199 Å². The molecule has 0 spiro atoms. The van der Waals surface area contributed by atoms with Crippen molar-refractivity contribution in [1.29, 1.82) is 0 Å². The lowest BCUT2D eigenvalue weighted by Gasteiger charge is -2.31. The molecule has 0 aliphatic carbocycles. The molecule has 0 saturated carbocycles. The molecule has 0 aromatic heterocycles. The SMILES string of the molecule is CCCCCCCC/C=C\CCCCCCCCN(CC(=O)N(CCCCCCCCCCCCC(C)CCCCCCCCCCN(CC(N)=O)C(=O)CN(CCCCCCCCCC)C(=O)CN(CCCCCCCCCCCC)C(=O)CN(CCCCCCCCCC)C(=O)CNC(CO)CO)CC(N)=O)C(=O)CN(CCCCCCCCCCCC)C(=O)CNC(CO)CO. The largest absolute Gasteiger partial charge is 0.395 e. The quantitative estimate of drug-likeness (QED) is 0.0207. The summed E-state index contributed by atoms with van der Waals surface area (Å²) in [7, 11) is 0. The normalized spacial score (nSPS) is 11.8. The summed E-state index contributed by atoms with van der Waals surface area (Å²) in [5.74, 6) is -2.75. The average molecular weight is 1900 g/mol. The Balaban J connectivity index is 5.57. The molecule has 24 nitrogen and oxygen atoms in total. The zero-order chi connectivity index (χ0) is 98.4. The summed E-state index contributed by atoms with van der Waals surface area (Å²) in [6.45, 7) is 12.9. The molecule has 786 valence electrons. The zero-order valence-electron chi connectivity index (χ0n) is 87.8. The molecule has 0 aromatic rings. The third-order valence-electron chi connectivity index (χ3n) is 27.1. The van der Waals surface area contributed by atoms with Gasteiger partial charge in [-0.15, -0.1) is 0 Å². The van der Waals surface area contributed by atoms with Crippen LogP contribution in [0.25, 0.3) is 0 Å². The summed E-state index contributed by atoms with van der Waals surface area (Å²) < 4.78 is 0. The predicted molar refractivity (Wildman–Crippen MR) is 556 cm³/mol. The van der Waals surface area contributed by atoms with Crippen molar-refractivity contribution in [3.05, 3.63) is 12.2 Å². The molecule has 0 radical (unpaired) electrons. The Kier molecular flexibility index (Phi) is 92.8. The Hall–Kier alpha value is -5.27. The van der Waals surface area contributed by atoms with E-state index in [1.165, 1.54) is 235 Å². The molecule has 0 heterocycles. The maximum Gasteiger partial charge on any atom is 0.242 e. The van der Waals surface area contributed by atoms with Crippen molar-refractivity contribution >= 4 is 53.2 Å². The van der Waals surface area contributed by atoms with E-state index in [1.807, 2.05) is 0 Å². The van der Waals surface area contributed by atoms with E-state index in [1.54, 1.807) is 24.5 Å². The van der Waals surface area contributed by atoms with Crippen LogP contribution in [-0.2, 0) is 43.2 Å². The number of unbranched alkanes of at least 4 members (excludes halogenated alkanes) is 60. The second-order valence-electron chi connectivity index (χ2n) is 39.8. The first-order chi connectivity index (χ1) is 65.3. The molecule has 0 aromatic carbocycles. The van der Waals surface area contributed by atoms with E-state index in [-0.39, 0.29) is 127 Å². The fraction of sp³-hybridized carbons (Fsp3) is 0.900. The van der Waals surface area contributed by atoms with E-state index < -0.39 is 23.9 Å². The zero-order valence-corrected chi connectivity index (χ0v) is 87.8. The number of rotatable bonds is 104. The molecular formula is C110H213N11O13. The average Bonchev–Trinajstić information content (AvgIpc) is 0.860. The van der Waals surface area contributed by atoms with Crippen LogP contribution >= 0.6 is 0 Å². The van der Waals surface area contributed by atoms with Crippen molar-refractivity contribution in [2.45, 2.75) is 503 Å². The highest BCUT2D eigenvalue weighted by Gasteiger charge is 2.30. The van der Waals surface area contributed by atoms with Gasteiger partial charge in [0.1, 0.15) is 0 Å². The molecule has 10 N–H and O–H groups in total. The van der Waals surface area contributed by atoms with E-state index in [2.05, 4.69) is 64.3 Å². The number of aliphatic hydroxyl groups excluding tert-OH is 4. The van der Waals surface area contributed by atoms with Crippen molar-refractivity contribution in [3.8, 4) is 0 Å². The maximum absolute atomic E-state index is 14.8.